The number of likely N-dealkylation sites (tertiary alicyclic amines) is 1. The Morgan fingerprint density at radius 1 is 1.45 bits per heavy atom. The molecule has 2 N–H and O–H groups in total. The Morgan fingerprint density at radius 2 is 2.27 bits per heavy atom. The van der Waals surface area contributed by atoms with Gasteiger partial charge >= 0.3 is 0 Å². The molecule has 0 saturated carbocycles. The second-order valence-electron chi connectivity index (χ2n) is 3.73. The van der Waals surface area contributed by atoms with E-state index in [2.05, 4.69) is 17.3 Å². The molecular weight excluding hydrogens is 140 g/mol. The van der Waals surface area contributed by atoms with Crippen molar-refractivity contribution in [2.24, 2.45) is 5.92 Å². The van der Waals surface area contributed by atoms with Gasteiger partial charge in [-0.15, -0.1) is 0 Å². The molecule has 2 aliphatic heterocycles. The smallest absolute Gasteiger partial charge is 0.0608 e. The molecule has 0 amide bonds. The molecule has 0 bridgehead atoms. The van der Waals surface area contributed by atoms with Crippen molar-refractivity contribution in [2.45, 2.75) is 18.6 Å². The van der Waals surface area contributed by atoms with E-state index in [0.717, 1.165) is 26.1 Å². The van der Waals surface area contributed by atoms with Crippen molar-refractivity contribution in [3.05, 3.63) is 0 Å². The molecule has 0 aromatic rings. The zero-order valence-corrected chi connectivity index (χ0v) is 6.95. The summed E-state index contributed by atoms with van der Waals surface area (Å²) >= 11 is 0. The second-order valence-corrected chi connectivity index (χ2v) is 3.73. The van der Waals surface area contributed by atoms with Gasteiger partial charge < -0.3 is 15.3 Å². The highest BCUT2D eigenvalue weighted by molar-refractivity contribution is 4.94. The molecule has 2 saturated heterocycles. The van der Waals surface area contributed by atoms with Crippen molar-refractivity contribution in [3.63, 3.8) is 0 Å². The van der Waals surface area contributed by atoms with Crippen LogP contribution in [0, 0.1) is 5.92 Å². The van der Waals surface area contributed by atoms with Crippen molar-refractivity contribution in [1.82, 2.24) is 10.2 Å². The third-order valence-electron chi connectivity index (χ3n) is 3.07. The molecule has 2 heterocycles. The van der Waals surface area contributed by atoms with Crippen LogP contribution in [0.1, 0.15) is 6.42 Å². The van der Waals surface area contributed by atoms with Crippen LogP contribution in [0.2, 0.25) is 0 Å². The molecule has 64 valence electrons. The summed E-state index contributed by atoms with van der Waals surface area (Å²) in [6.45, 7) is 3.10. The lowest BCUT2D eigenvalue weighted by molar-refractivity contribution is 0.0184. The van der Waals surface area contributed by atoms with E-state index >= 15 is 0 Å². The first kappa shape index (κ1) is 7.53. The summed E-state index contributed by atoms with van der Waals surface area (Å²) in [5.41, 5.74) is 0. The molecule has 3 nitrogen and oxygen atoms in total. The van der Waals surface area contributed by atoms with Gasteiger partial charge in [0, 0.05) is 31.6 Å². The van der Waals surface area contributed by atoms with E-state index in [1.54, 1.807) is 0 Å². The number of nitrogens with one attached hydrogen (secondary N) is 1. The molecule has 3 atom stereocenters. The maximum absolute atomic E-state index is 9.63. The highest BCUT2D eigenvalue weighted by Gasteiger charge is 2.38. The number of nitrogens with zero attached hydrogens (tertiary/aromatic N) is 1. The molecule has 2 unspecified atom stereocenters. The van der Waals surface area contributed by atoms with Crippen LogP contribution in [-0.4, -0.2) is 48.8 Å². The summed E-state index contributed by atoms with van der Waals surface area (Å²) in [6.07, 6.45) is 0.880. The normalized spacial score (nSPS) is 45.8. The molecule has 0 radical (unpaired) electrons. The number of aliphatic hydroxyl groups is 1. The van der Waals surface area contributed by atoms with Crippen molar-refractivity contribution in [1.29, 1.82) is 0 Å². The van der Waals surface area contributed by atoms with Crippen molar-refractivity contribution < 1.29 is 5.11 Å². The lowest BCUT2D eigenvalue weighted by Crippen LogP contribution is -2.48. The predicted octanol–water partition coefficient (Wildman–Crippen LogP) is -0.729. The Bertz CT molecular complexity index is 135. The first-order valence-electron chi connectivity index (χ1n) is 4.38. The Morgan fingerprint density at radius 3 is 3.00 bits per heavy atom. The lowest BCUT2D eigenvalue weighted by Gasteiger charge is -2.37. The Kier molecular flexibility index (Phi) is 1.87. The maximum Gasteiger partial charge on any atom is 0.0608 e. The zero-order valence-electron chi connectivity index (χ0n) is 6.95. The van der Waals surface area contributed by atoms with Gasteiger partial charge in [-0.3, -0.25) is 0 Å². The standard InChI is InChI=1S/C8H16N2O/c1-10-3-2-8(11)6-4-9-5-7(6)10/h6-9,11H,2-5H2,1H3/t6?,7-,8?/m0/s1. The predicted molar refractivity (Wildman–Crippen MR) is 43.4 cm³/mol. The zero-order chi connectivity index (χ0) is 7.84. The van der Waals surface area contributed by atoms with E-state index < -0.39 is 0 Å². The van der Waals surface area contributed by atoms with Crippen LogP contribution in [0.4, 0.5) is 0 Å². The molecule has 0 aromatic heterocycles. The number of hydrogen-bond acceptors (Lipinski definition) is 3. The van der Waals surface area contributed by atoms with Gasteiger partial charge in [0.05, 0.1) is 6.10 Å². The van der Waals surface area contributed by atoms with Crippen LogP contribution in [0.5, 0.6) is 0 Å². The Labute approximate surface area is 67.4 Å². The van der Waals surface area contributed by atoms with Gasteiger partial charge in [-0.2, -0.15) is 0 Å². The van der Waals surface area contributed by atoms with E-state index in [9.17, 15) is 5.11 Å². The number of likely N-dealkylation sites (N-methyl/N-ethyl adjacent to an activating group) is 1. The summed E-state index contributed by atoms with van der Waals surface area (Å²) in [7, 11) is 2.15. The Hall–Kier alpha value is -0.120. The summed E-state index contributed by atoms with van der Waals surface area (Å²) in [5.74, 6) is 0.480. The fourth-order valence-electron chi connectivity index (χ4n) is 2.28. The SMILES string of the molecule is CN1CCC(O)C2CNC[C@@H]21. The number of aliphatic hydroxyl groups excluding tert-OH is 1. The summed E-state index contributed by atoms with van der Waals surface area (Å²) in [5, 5.41) is 13.0. The maximum atomic E-state index is 9.63. The summed E-state index contributed by atoms with van der Waals surface area (Å²) in [4.78, 5) is 2.36. The summed E-state index contributed by atoms with van der Waals surface area (Å²) < 4.78 is 0. The average Bonchev–Trinajstić information content (AvgIpc) is 2.45. The van der Waals surface area contributed by atoms with Crippen LogP contribution in [0.3, 0.4) is 0 Å². The minimum absolute atomic E-state index is 0.0637. The minimum atomic E-state index is -0.0637. The molecule has 3 heteroatoms. The van der Waals surface area contributed by atoms with Gasteiger partial charge in [0.1, 0.15) is 0 Å². The van der Waals surface area contributed by atoms with Gasteiger partial charge in [0.15, 0.2) is 0 Å². The second kappa shape index (κ2) is 2.73. The number of hydrogen-bond donors (Lipinski definition) is 2. The van der Waals surface area contributed by atoms with Crippen LogP contribution in [0.25, 0.3) is 0 Å². The first-order chi connectivity index (χ1) is 5.29. The number of piperidine rings is 1. The molecular formula is C8H16N2O. The number of fused-ring (bicyclic) bond motifs is 1. The molecule has 11 heavy (non-hydrogen) atoms. The minimum Gasteiger partial charge on any atom is -0.393 e. The highest BCUT2D eigenvalue weighted by atomic mass is 16.3. The van der Waals surface area contributed by atoms with Gasteiger partial charge in [-0.05, 0) is 13.5 Å². The van der Waals surface area contributed by atoms with E-state index in [4.69, 9.17) is 0 Å². The first-order valence-corrected chi connectivity index (χ1v) is 4.38. The average molecular weight is 156 g/mol. The lowest BCUT2D eigenvalue weighted by atomic mass is 9.90. The van der Waals surface area contributed by atoms with Crippen LogP contribution in [-0.2, 0) is 0 Å². The van der Waals surface area contributed by atoms with Crippen molar-refractivity contribution in [2.75, 3.05) is 26.7 Å². The van der Waals surface area contributed by atoms with Crippen molar-refractivity contribution in [3.8, 4) is 0 Å². The van der Waals surface area contributed by atoms with Crippen molar-refractivity contribution >= 4 is 0 Å². The largest absolute Gasteiger partial charge is 0.393 e. The fourth-order valence-corrected chi connectivity index (χ4v) is 2.28. The molecule has 2 fully saturated rings. The molecule has 0 aromatic carbocycles. The van der Waals surface area contributed by atoms with E-state index in [-0.39, 0.29) is 6.10 Å². The third-order valence-corrected chi connectivity index (χ3v) is 3.07. The Balaban J connectivity index is 2.08. The fraction of sp³-hybridized carbons (Fsp3) is 1.00. The van der Waals surface area contributed by atoms with Gasteiger partial charge in [0.2, 0.25) is 0 Å². The molecule has 2 aliphatic rings. The third kappa shape index (κ3) is 1.17. The number of rotatable bonds is 0. The van der Waals surface area contributed by atoms with E-state index in [1.807, 2.05) is 0 Å². The topological polar surface area (TPSA) is 35.5 Å². The molecule has 0 aliphatic carbocycles. The molecule has 2 rings (SSSR count). The summed E-state index contributed by atoms with van der Waals surface area (Å²) in [6, 6.07) is 0.582. The molecule has 0 spiro atoms. The van der Waals surface area contributed by atoms with Gasteiger partial charge in [-0.25, -0.2) is 0 Å². The van der Waals surface area contributed by atoms with E-state index in [1.165, 1.54) is 0 Å². The van der Waals surface area contributed by atoms with Crippen LogP contribution < -0.4 is 5.32 Å². The van der Waals surface area contributed by atoms with Crippen LogP contribution >= 0.6 is 0 Å². The van der Waals surface area contributed by atoms with E-state index in [0.29, 0.717) is 12.0 Å². The van der Waals surface area contributed by atoms with Gasteiger partial charge in [0.25, 0.3) is 0 Å². The van der Waals surface area contributed by atoms with Gasteiger partial charge in [-0.1, -0.05) is 0 Å². The monoisotopic (exact) mass is 156 g/mol. The quantitative estimate of drug-likeness (QED) is 0.485. The highest BCUT2D eigenvalue weighted by Crippen LogP contribution is 2.25. The van der Waals surface area contributed by atoms with Crippen LogP contribution in [0.15, 0.2) is 0 Å².